The lowest BCUT2D eigenvalue weighted by atomic mass is 10.3. The molecule has 3 N–H and O–H groups in total. The number of halogens is 1. The van der Waals surface area contributed by atoms with Gasteiger partial charge >= 0.3 is 0 Å². The molecule has 0 spiro atoms. The summed E-state index contributed by atoms with van der Waals surface area (Å²) in [5, 5.41) is 5.70. The third-order valence-electron chi connectivity index (χ3n) is 2.87. The van der Waals surface area contributed by atoms with Crippen LogP contribution in [0.2, 0.25) is 0 Å². The number of amides is 1. The number of benzene rings is 1. The minimum Gasteiger partial charge on any atom is -0.326 e. The minimum absolute atomic E-state index is 0. The molecule has 1 aromatic carbocycles. The van der Waals surface area contributed by atoms with Crippen LogP contribution in [-0.4, -0.2) is 33.5 Å². The van der Waals surface area contributed by atoms with Gasteiger partial charge < -0.3 is 10.6 Å². The van der Waals surface area contributed by atoms with Crippen molar-refractivity contribution in [3.05, 3.63) is 24.3 Å². The molecule has 1 amide bonds. The molecule has 0 saturated carbocycles. The van der Waals surface area contributed by atoms with Crippen LogP contribution in [0.15, 0.2) is 29.2 Å². The van der Waals surface area contributed by atoms with Crippen molar-refractivity contribution in [2.45, 2.75) is 24.3 Å². The first-order valence-electron chi connectivity index (χ1n) is 6.08. The van der Waals surface area contributed by atoms with Gasteiger partial charge in [-0.15, -0.1) is 12.4 Å². The van der Waals surface area contributed by atoms with Gasteiger partial charge in [0.2, 0.25) is 15.9 Å². The Bertz CT molecular complexity index is 554. The van der Waals surface area contributed by atoms with E-state index in [4.69, 9.17) is 0 Å². The molecule has 1 atom stereocenters. The fourth-order valence-electron chi connectivity index (χ4n) is 1.96. The van der Waals surface area contributed by atoms with Crippen LogP contribution in [0.25, 0.3) is 0 Å². The van der Waals surface area contributed by atoms with Crippen molar-refractivity contribution >= 4 is 34.0 Å². The summed E-state index contributed by atoms with van der Waals surface area (Å²) in [6, 6.07) is 6.05. The Morgan fingerprint density at radius 3 is 2.45 bits per heavy atom. The third-order valence-corrected chi connectivity index (χ3v) is 4.40. The van der Waals surface area contributed by atoms with Crippen molar-refractivity contribution in [2.24, 2.45) is 0 Å². The van der Waals surface area contributed by atoms with E-state index in [0.717, 1.165) is 13.0 Å². The fourth-order valence-corrected chi connectivity index (χ4v) is 3.23. The zero-order valence-electron chi connectivity index (χ0n) is 11.0. The maximum absolute atomic E-state index is 12.1. The number of hydrogen-bond donors (Lipinski definition) is 3. The standard InChI is InChI=1S/C12H17N3O3S.ClH/c1-9(16)14-10-2-4-12(5-3-10)19(17,18)15-11-6-7-13-8-11;/h2-5,11,13,15H,6-8H2,1H3,(H,14,16);1H. The molecule has 8 heteroatoms. The third kappa shape index (κ3) is 4.45. The molecule has 0 aromatic heterocycles. The van der Waals surface area contributed by atoms with E-state index in [1.165, 1.54) is 19.1 Å². The second kappa shape index (κ2) is 7.03. The lowest BCUT2D eigenvalue weighted by Crippen LogP contribution is -2.36. The maximum atomic E-state index is 12.1. The number of rotatable bonds is 4. The van der Waals surface area contributed by atoms with Gasteiger partial charge in [-0.3, -0.25) is 4.79 Å². The second-order valence-corrected chi connectivity index (χ2v) is 6.23. The summed E-state index contributed by atoms with van der Waals surface area (Å²) in [7, 11) is -3.49. The van der Waals surface area contributed by atoms with Crippen LogP contribution in [0.4, 0.5) is 5.69 Å². The highest BCUT2D eigenvalue weighted by Crippen LogP contribution is 2.15. The summed E-state index contributed by atoms with van der Waals surface area (Å²) in [5.74, 6) is -0.189. The zero-order chi connectivity index (χ0) is 13.9. The van der Waals surface area contributed by atoms with E-state index in [-0.39, 0.29) is 29.3 Å². The van der Waals surface area contributed by atoms with Gasteiger partial charge in [-0.25, -0.2) is 13.1 Å². The molecule has 1 saturated heterocycles. The van der Waals surface area contributed by atoms with E-state index in [0.29, 0.717) is 12.2 Å². The van der Waals surface area contributed by atoms with Crippen LogP contribution >= 0.6 is 12.4 Å². The summed E-state index contributed by atoms with van der Waals surface area (Å²) in [6.45, 7) is 2.89. The van der Waals surface area contributed by atoms with E-state index in [1.807, 2.05) is 0 Å². The SMILES string of the molecule is CC(=O)Nc1ccc(S(=O)(=O)NC2CCNC2)cc1.Cl. The van der Waals surface area contributed by atoms with Crippen LogP contribution in [0.5, 0.6) is 0 Å². The van der Waals surface area contributed by atoms with Crippen molar-refractivity contribution in [1.29, 1.82) is 0 Å². The van der Waals surface area contributed by atoms with Crippen LogP contribution in [0, 0.1) is 0 Å². The Morgan fingerprint density at radius 2 is 1.95 bits per heavy atom. The molecule has 112 valence electrons. The van der Waals surface area contributed by atoms with Crippen molar-refractivity contribution < 1.29 is 13.2 Å². The molecule has 0 bridgehead atoms. The van der Waals surface area contributed by atoms with Crippen LogP contribution < -0.4 is 15.4 Å². The van der Waals surface area contributed by atoms with E-state index in [2.05, 4.69) is 15.4 Å². The maximum Gasteiger partial charge on any atom is 0.240 e. The van der Waals surface area contributed by atoms with Gasteiger partial charge in [0, 0.05) is 25.2 Å². The van der Waals surface area contributed by atoms with E-state index in [1.54, 1.807) is 12.1 Å². The van der Waals surface area contributed by atoms with Gasteiger partial charge in [-0.05, 0) is 37.2 Å². The predicted molar refractivity (Wildman–Crippen MR) is 79.6 cm³/mol. The Hall–Kier alpha value is -1.15. The lowest BCUT2D eigenvalue weighted by molar-refractivity contribution is -0.114. The molecular formula is C12H18ClN3O3S. The highest BCUT2D eigenvalue weighted by molar-refractivity contribution is 7.89. The van der Waals surface area contributed by atoms with Gasteiger partial charge in [0.25, 0.3) is 0 Å². The molecule has 0 aliphatic carbocycles. The highest BCUT2D eigenvalue weighted by atomic mass is 35.5. The number of hydrogen-bond acceptors (Lipinski definition) is 4. The smallest absolute Gasteiger partial charge is 0.240 e. The number of nitrogens with one attached hydrogen (secondary N) is 3. The van der Waals surface area contributed by atoms with Crippen molar-refractivity contribution in [2.75, 3.05) is 18.4 Å². The average molecular weight is 320 g/mol. The first-order valence-corrected chi connectivity index (χ1v) is 7.56. The van der Waals surface area contributed by atoms with Gasteiger partial charge in [0.15, 0.2) is 0 Å². The molecule has 1 aliphatic heterocycles. The Kier molecular flexibility index (Phi) is 5.94. The number of carbonyl (C=O) groups is 1. The second-order valence-electron chi connectivity index (χ2n) is 4.52. The number of sulfonamides is 1. The van der Waals surface area contributed by atoms with Crippen molar-refractivity contribution in [3.63, 3.8) is 0 Å². The molecule has 20 heavy (non-hydrogen) atoms. The Balaban J connectivity index is 0.00000200. The summed E-state index contributed by atoms with van der Waals surface area (Å²) < 4.78 is 26.8. The monoisotopic (exact) mass is 319 g/mol. The zero-order valence-corrected chi connectivity index (χ0v) is 12.7. The van der Waals surface area contributed by atoms with Crippen LogP contribution in [0.1, 0.15) is 13.3 Å². The summed E-state index contributed by atoms with van der Waals surface area (Å²) in [4.78, 5) is 11.1. The van der Waals surface area contributed by atoms with Crippen molar-refractivity contribution in [1.82, 2.24) is 10.0 Å². The summed E-state index contributed by atoms with van der Waals surface area (Å²) in [6.07, 6.45) is 0.795. The molecule has 2 rings (SSSR count). The molecule has 6 nitrogen and oxygen atoms in total. The topological polar surface area (TPSA) is 87.3 Å². The van der Waals surface area contributed by atoms with Gasteiger partial charge in [-0.2, -0.15) is 0 Å². The van der Waals surface area contributed by atoms with Crippen LogP contribution in [0.3, 0.4) is 0 Å². The molecule has 1 aromatic rings. The number of carbonyl (C=O) groups excluding carboxylic acids is 1. The Morgan fingerprint density at radius 1 is 1.30 bits per heavy atom. The van der Waals surface area contributed by atoms with Gasteiger partial charge in [-0.1, -0.05) is 0 Å². The van der Waals surface area contributed by atoms with E-state index < -0.39 is 10.0 Å². The fraction of sp³-hybridized carbons (Fsp3) is 0.417. The molecular weight excluding hydrogens is 302 g/mol. The normalized spacial score (nSPS) is 18.4. The molecule has 0 radical (unpaired) electrons. The summed E-state index contributed by atoms with van der Waals surface area (Å²) in [5.41, 5.74) is 0.578. The largest absolute Gasteiger partial charge is 0.326 e. The first-order chi connectivity index (χ1) is 8.97. The van der Waals surface area contributed by atoms with E-state index in [9.17, 15) is 13.2 Å². The lowest BCUT2D eigenvalue weighted by Gasteiger charge is -2.12. The molecule has 1 heterocycles. The quantitative estimate of drug-likeness (QED) is 0.762. The average Bonchev–Trinajstić information content (AvgIpc) is 2.81. The highest BCUT2D eigenvalue weighted by Gasteiger charge is 2.22. The molecule has 1 unspecified atom stereocenters. The first kappa shape index (κ1) is 16.9. The van der Waals surface area contributed by atoms with E-state index >= 15 is 0 Å². The Labute approximate surface area is 124 Å². The van der Waals surface area contributed by atoms with Gasteiger partial charge in [0.1, 0.15) is 0 Å². The molecule has 1 aliphatic rings. The number of anilines is 1. The van der Waals surface area contributed by atoms with Crippen LogP contribution in [-0.2, 0) is 14.8 Å². The predicted octanol–water partition coefficient (Wildman–Crippen LogP) is 0.707. The van der Waals surface area contributed by atoms with Gasteiger partial charge in [0.05, 0.1) is 4.90 Å². The van der Waals surface area contributed by atoms with Crippen molar-refractivity contribution in [3.8, 4) is 0 Å². The molecule has 1 fully saturated rings. The minimum atomic E-state index is -3.49. The summed E-state index contributed by atoms with van der Waals surface area (Å²) >= 11 is 0.